The summed E-state index contributed by atoms with van der Waals surface area (Å²) in [4.78, 5) is 11.5. The monoisotopic (exact) mass is 308 g/mol. The van der Waals surface area contributed by atoms with Gasteiger partial charge in [0.2, 0.25) is 0 Å². The van der Waals surface area contributed by atoms with Crippen LogP contribution in [-0.2, 0) is 19.3 Å². The zero-order chi connectivity index (χ0) is 16.2. The highest BCUT2D eigenvalue weighted by Crippen LogP contribution is 2.36. The number of rotatable bonds is 4. The van der Waals surface area contributed by atoms with Crippen LogP contribution in [0.25, 0.3) is 0 Å². The molecule has 0 amide bonds. The first-order valence-corrected chi connectivity index (χ1v) is 7.84. The van der Waals surface area contributed by atoms with Crippen molar-refractivity contribution < 1.29 is 14.6 Å². The van der Waals surface area contributed by atoms with Crippen LogP contribution < -0.4 is 4.74 Å². The van der Waals surface area contributed by atoms with E-state index >= 15 is 0 Å². The van der Waals surface area contributed by atoms with E-state index in [2.05, 4.69) is 12.1 Å². The summed E-state index contributed by atoms with van der Waals surface area (Å²) in [6.07, 6.45) is 4.87. The third kappa shape index (κ3) is 3.29. The van der Waals surface area contributed by atoms with E-state index in [0.29, 0.717) is 36.3 Å². The molecule has 3 rings (SSSR count). The fraction of sp³-hybridized carbons (Fsp3) is 0.250. The highest BCUT2D eigenvalue weighted by atomic mass is 16.5. The molecule has 0 spiro atoms. The molecule has 1 aliphatic heterocycles. The molecule has 2 aromatic carbocycles. The molecule has 23 heavy (non-hydrogen) atoms. The summed E-state index contributed by atoms with van der Waals surface area (Å²) in [7, 11) is 0. The molecule has 0 atom stereocenters. The van der Waals surface area contributed by atoms with Crippen molar-refractivity contribution in [1.82, 2.24) is 0 Å². The summed E-state index contributed by atoms with van der Waals surface area (Å²) >= 11 is 0. The number of aldehydes is 1. The average Bonchev–Trinajstić information content (AvgIpc) is 2.76. The Morgan fingerprint density at radius 3 is 2.74 bits per heavy atom. The van der Waals surface area contributed by atoms with Gasteiger partial charge >= 0.3 is 0 Å². The van der Waals surface area contributed by atoms with Crippen LogP contribution in [0.5, 0.6) is 11.5 Å². The maximum Gasteiger partial charge on any atom is 0.154 e. The van der Waals surface area contributed by atoms with E-state index in [1.54, 1.807) is 0 Å². The molecular formula is C20H20O3. The van der Waals surface area contributed by atoms with Gasteiger partial charge in [-0.3, -0.25) is 4.79 Å². The number of phenols is 1. The first kappa shape index (κ1) is 15.3. The number of aromatic hydroxyl groups is 1. The van der Waals surface area contributed by atoms with Crippen LogP contribution in [0.3, 0.4) is 0 Å². The Bertz CT molecular complexity index is 745. The Hall–Kier alpha value is -2.55. The predicted octanol–water partition coefficient (Wildman–Crippen LogP) is 3.87. The van der Waals surface area contributed by atoms with E-state index < -0.39 is 0 Å². The molecule has 0 saturated heterocycles. The lowest BCUT2D eigenvalue weighted by Gasteiger charge is -2.15. The normalized spacial score (nSPS) is 13.5. The number of carbonyl (C=O) groups excluding carboxylic acids is 1. The molecule has 1 N–H and O–H groups in total. The molecule has 3 nitrogen and oxygen atoms in total. The molecule has 3 heteroatoms. The van der Waals surface area contributed by atoms with E-state index in [0.717, 1.165) is 23.8 Å². The van der Waals surface area contributed by atoms with Gasteiger partial charge in [-0.1, -0.05) is 36.4 Å². The van der Waals surface area contributed by atoms with E-state index in [1.807, 2.05) is 37.3 Å². The quantitative estimate of drug-likeness (QED) is 0.689. The Morgan fingerprint density at radius 2 is 2.00 bits per heavy atom. The van der Waals surface area contributed by atoms with Gasteiger partial charge < -0.3 is 9.84 Å². The SMILES string of the molecule is CC1=CCc2c(cc(CCc3ccccc3)c(C=O)c2O)OC1. The second-order valence-electron chi connectivity index (χ2n) is 5.92. The van der Waals surface area contributed by atoms with Crippen molar-refractivity contribution in [3.63, 3.8) is 0 Å². The number of hydrogen-bond donors (Lipinski definition) is 1. The zero-order valence-electron chi connectivity index (χ0n) is 13.2. The van der Waals surface area contributed by atoms with Gasteiger partial charge in [0, 0.05) is 5.56 Å². The average molecular weight is 308 g/mol. The second kappa shape index (κ2) is 6.69. The van der Waals surface area contributed by atoms with Crippen LogP contribution in [-0.4, -0.2) is 18.0 Å². The van der Waals surface area contributed by atoms with Crippen LogP contribution in [0, 0.1) is 0 Å². The van der Waals surface area contributed by atoms with Crippen molar-refractivity contribution >= 4 is 6.29 Å². The minimum atomic E-state index is 0.0616. The smallest absolute Gasteiger partial charge is 0.154 e. The maximum absolute atomic E-state index is 11.5. The topological polar surface area (TPSA) is 46.5 Å². The van der Waals surface area contributed by atoms with Crippen LogP contribution in [0.1, 0.15) is 34.0 Å². The number of aryl methyl sites for hydroxylation is 2. The van der Waals surface area contributed by atoms with Crippen molar-refractivity contribution in [3.8, 4) is 11.5 Å². The Balaban J connectivity index is 1.92. The maximum atomic E-state index is 11.5. The van der Waals surface area contributed by atoms with Crippen molar-refractivity contribution in [2.75, 3.05) is 6.61 Å². The molecule has 1 heterocycles. The van der Waals surface area contributed by atoms with E-state index in [9.17, 15) is 9.90 Å². The summed E-state index contributed by atoms with van der Waals surface area (Å²) in [6.45, 7) is 2.52. The molecule has 0 bridgehead atoms. The predicted molar refractivity (Wildman–Crippen MR) is 90.3 cm³/mol. The molecule has 0 fully saturated rings. The van der Waals surface area contributed by atoms with Gasteiger partial charge in [0.25, 0.3) is 0 Å². The van der Waals surface area contributed by atoms with Gasteiger partial charge in [-0.2, -0.15) is 0 Å². The first-order chi connectivity index (χ1) is 11.2. The minimum absolute atomic E-state index is 0.0616. The fourth-order valence-corrected chi connectivity index (χ4v) is 2.87. The van der Waals surface area contributed by atoms with E-state index in [-0.39, 0.29) is 5.75 Å². The molecule has 0 aliphatic carbocycles. The van der Waals surface area contributed by atoms with Gasteiger partial charge in [-0.15, -0.1) is 0 Å². The third-order valence-electron chi connectivity index (χ3n) is 4.24. The fourth-order valence-electron chi connectivity index (χ4n) is 2.87. The lowest BCUT2D eigenvalue weighted by Crippen LogP contribution is -2.03. The van der Waals surface area contributed by atoms with Gasteiger partial charge in [-0.05, 0) is 49.0 Å². The molecule has 0 aromatic heterocycles. The molecule has 0 radical (unpaired) electrons. The number of hydrogen-bond acceptors (Lipinski definition) is 3. The highest BCUT2D eigenvalue weighted by molar-refractivity contribution is 5.83. The van der Waals surface area contributed by atoms with Gasteiger partial charge in [0.15, 0.2) is 6.29 Å². The Morgan fingerprint density at radius 1 is 1.22 bits per heavy atom. The van der Waals surface area contributed by atoms with Gasteiger partial charge in [0.1, 0.15) is 18.1 Å². The highest BCUT2D eigenvalue weighted by Gasteiger charge is 2.19. The summed E-state index contributed by atoms with van der Waals surface area (Å²) in [5.74, 6) is 0.746. The molecule has 118 valence electrons. The summed E-state index contributed by atoms with van der Waals surface area (Å²) in [6, 6.07) is 12.0. The van der Waals surface area contributed by atoms with Crippen molar-refractivity contribution in [2.45, 2.75) is 26.2 Å². The summed E-state index contributed by atoms with van der Waals surface area (Å²) < 4.78 is 5.79. The number of benzene rings is 2. The van der Waals surface area contributed by atoms with Gasteiger partial charge in [-0.25, -0.2) is 0 Å². The van der Waals surface area contributed by atoms with Crippen LogP contribution in [0.15, 0.2) is 48.0 Å². The minimum Gasteiger partial charge on any atom is -0.507 e. The van der Waals surface area contributed by atoms with Crippen LogP contribution in [0.4, 0.5) is 0 Å². The molecular weight excluding hydrogens is 288 g/mol. The van der Waals surface area contributed by atoms with Crippen molar-refractivity contribution in [1.29, 1.82) is 0 Å². The number of carbonyl (C=O) groups is 1. The van der Waals surface area contributed by atoms with Crippen LogP contribution in [0.2, 0.25) is 0 Å². The standard InChI is InChI=1S/C20H20O3/c1-14-7-10-17-19(23-13-14)11-16(18(12-21)20(17)22)9-8-15-5-3-2-4-6-15/h2-7,11-12,22H,8-10,13H2,1H3. The summed E-state index contributed by atoms with van der Waals surface area (Å²) in [5, 5.41) is 10.5. The molecule has 0 unspecified atom stereocenters. The number of ether oxygens (including phenoxy) is 1. The van der Waals surface area contributed by atoms with E-state index in [1.165, 1.54) is 5.56 Å². The number of allylic oxidation sites excluding steroid dienone is 1. The number of fused-ring (bicyclic) bond motifs is 1. The number of phenolic OH excluding ortho intramolecular Hbond substituents is 1. The van der Waals surface area contributed by atoms with Crippen LogP contribution >= 0.6 is 0 Å². The largest absolute Gasteiger partial charge is 0.507 e. The second-order valence-corrected chi connectivity index (χ2v) is 5.92. The van der Waals surface area contributed by atoms with Crippen molar-refractivity contribution in [3.05, 3.63) is 70.3 Å². The Labute approximate surface area is 136 Å². The Kier molecular flexibility index (Phi) is 4.47. The van der Waals surface area contributed by atoms with Crippen molar-refractivity contribution in [2.24, 2.45) is 0 Å². The first-order valence-electron chi connectivity index (χ1n) is 7.84. The summed E-state index contributed by atoms with van der Waals surface area (Å²) in [5.41, 5.74) is 4.25. The zero-order valence-corrected chi connectivity index (χ0v) is 13.2. The molecule has 1 aliphatic rings. The lowest BCUT2D eigenvalue weighted by atomic mass is 9.95. The molecule has 0 saturated carbocycles. The lowest BCUT2D eigenvalue weighted by molar-refractivity contribution is 0.112. The molecule has 2 aromatic rings. The third-order valence-corrected chi connectivity index (χ3v) is 4.24. The van der Waals surface area contributed by atoms with Gasteiger partial charge in [0.05, 0.1) is 5.56 Å². The van der Waals surface area contributed by atoms with E-state index in [4.69, 9.17) is 4.74 Å².